The largest absolute Gasteiger partial charge is 0.310 e. The highest BCUT2D eigenvalue weighted by atomic mass is 15.1. The second-order valence-corrected chi connectivity index (χ2v) is 14.2. The molecule has 0 aromatic heterocycles. The molecule has 0 unspecified atom stereocenters. The van der Waals surface area contributed by atoms with Crippen molar-refractivity contribution >= 4 is 27.8 Å². The number of fused-ring (bicyclic) bond motifs is 9. The Bertz CT molecular complexity index is 2040. The average molecular weight is 570 g/mol. The predicted molar refractivity (Wildman–Crippen MR) is 188 cm³/mol. The van der Waals surface area contributed by atoms with Gasteiger partial charge >= 0.3 is 0 Å². The Morgan fingerprint density at radius 1 is 0.432 bits per heavy atom. The smallest absolute Gasteiger partial charge is 0.0543 e. The van der Waals surface area contributed by atoms with Gasteiger partial charge in [-0.25, -0.2) is 0 Å². The van der Waals surface area contributed by atoms with Crippen molar-refractivity contribution in [1.82, 2.24) is 0 Å². The van der Waals surface area contributed by atoms with Crippen LogP contribution >= 0.6 is 0 Å². The van der Waals surface area contributed by atoms with Gasteiger partial charge in [0.2, 0.25) is 0 Å². The topological polar surface area (TPSA) is 3.24 Å². The lowest BCUT2D eigenvalue weighted by Crippen LogP contribution is -2.44. The van der Waals surface area contributed by atoms with Crippen molar-refractivity contribution in [2.24, 2.45) is 0 Å². The lowest BCUT2D eigenvalue weighted by molar-refractivity contribution is 0.298. The summed E-state index contributed by atoms with van der Waals surface area (Å²) in [6, 6.07) is 47.1. The Balaban J connectivity index is 1.46. The SMILES string of the molecule is CC1(C)c2cc(N(c3ccccc3)c3ccccc3)c3ccccc3c2-c2ccc3c(c21)-c1ccccc1C(C)(C)C3(C)C. The minimum absolute atomic E-state index is 0.00611. The van der Waals surface area contributed by atoms with Crippen molar-refractivity contribution in [2.45, 2.75) is 57.8 Å². The van der Waals surface area contributed by atoms with Gasteiger partial charge in [0.25, 0.3) is 0 Å². The number of para-hydroxylation sites is 2. The molecule has 0 spiro atoms. The summed E-state index contributed by atoms with van der Waals surface area (Å²) in [5, 5.41) is 2.58. The van der Waals surface area contributed by atoms with Gasteiger partial charge in [0.05, 0.1) is 5.69 Å². The summed E-state index contributed by atoms with van der Waals surface area (Å²) in [6.07, 6.45) is 0. The fourth-order valence-corrected chi connectivity index (χ4v) is 8.22. The van der Waals surface area contributed by atoms with E-state index in [9.17, 15) is 0 Å². The molecule has 1 nitrogen and oxygen atoms in total. The molecule has 0 aliphatic heterocycles. The van der Waals surface area contributed by atoms with Gasteiger partial charge in [0, 0.05) is 22.2 Å². The van der Waals surface area contributed by atoms with Crippen LogP contribution in [-0.2, 0) is 16.2 Å². The average Bonchev–Trinajstić information content (AvgIpc) is 3.27. The number of benzene rings is 6. The molecular formula is C43H39N. The molecular weight excluding hydrogens is 530 g/mol. The van der Waals surface area contributed by atoms with E-state index in [2.05, 4.69) is 174 Å². The zero-order valence-corrected chi connectivity index (χ0v) is 26.6. The molecule has 6 aromatic carbocycles. The Hall–Kier alpha value is -4.62. The molecule has 0 radical (unpaired) electrons. The van der Waals surface area contributed by atoms with Crippen molar-refractivity contribution in [2.75, 3.05) is 4.90 Å². The molecule has 0 atom stereocenters. The minimum atomic E-state index is -0.196. The highest BCUT2D eigenvalue weighted by Gasteiger charge is 2.49. The molecule has 0 bridgehead atoms. The lowest BCUT2D eigenvalue weighted by atomic mass is 9.54. The van der Waals surface area contributed by atoms with Crippen molar-refractivity contribution in [1.29, 1.82) is 0 Å². The molecule has 1 heteroatoms. The number of nitrogens with zero attached hydrogens (tertiary/aromatic N) is 1. The molecule has 6 aromatic rings. The molecule has 0 amide bonds. The van der Waals surface area contributed by atoms with E-state index in [1.807, 2.05) is 0 Å². The molecule has 0 fully saturated rings. The Labute approximate surface area is 261 Å². The van der Waals surface area contributed by atoms with Crippen molar-refractivity contribution in [3.05, 3.63) is 150 Å². The summed E-state index contributed by atoms with van der Waals surface area (Å²) in [4.78, 5) is 2.43. The Morgan fingerprint density at radius 2 is 0.977 bits per heavy atom. The fourth-order valence-electron chi connectivity index (χ4n) is 8.22. The van der Waals surface area contributed by atoms with Gasteiger partial charge in [-0.3, -0.25) is 0 Å². The van der Waals surface area contributed by atoms with Gasteiger partial charge in [-0.1, -0.05) is 139 Å². The zero-order chi connectivity index (χ0) is 30.4. The zero-order valence-electron chi connectivity index (χ0n) is 26.6. The number of anilines is 3. The normalized spacial score (nSPS) is 16.5. The van der Waals surface area contributed by atoms with Gasteiger partial charge in [0.1, 0.15) is 0 Å². The molecule has 8 rings (SSSR count). The maximum Gasteiger partial charge on any atom is 0.0543 e. The van der Waals surface area contributed by atoms with Crippen LogP contribution < -0.4 is 4.90 Å². The predicted octanol–water partition coefficient (Wildman–Crippen LogP) is 11.9. The molecule has 0 saturated heterocycles. The second-order valence-electron chi connectivity index (χ2n) is 14.2. The summed E-state index contributed by atoms with van der Waals surface area (Å²) in [5.41, 5.74) is 14.7. The minimum Gasteiger partial charge on any atom is -0.310 e. The Morgan fingerprint density at radius 3 is 1.64 bits per heavy atom. The van der Waals surface area contributed by atoms with Crippen LogP contribution in [0.3, 0.4) is 0 Å². The summed E-state index contributed by atoms with van der Waals surface area (Å²) in [6.45, 7) is 14.6. The third kappa shape index (κ3) is 3.47. The van der Waals surface area contributed by atoms with Crippen LogP contribution in [0.15, 0.2) is 127 Å². The standard InChI is InChI=1S/C43H39N/c1-41(2)36-27-37(44(28-17-9-7-10-18-28)29-19-11-8-12-20-29)30-21-13-14-22-31(30)38(36)33-25-26-35-39(40(33)41)32-23-15-16-24-34(32)42(3,4)43(35,5)6/h7-27H,1-6H3. The van der Waals surface area contributed by atoms with Crippen LogP contribution in [0, 0.1) is 0 Å². The van der Waals surface area contributed by atoms with Crippen LogP contribution in [0.4, 0.5) is 17.1 Å². The van der Waals surface area contributed by atoms with Gasteiger partial charge in [-0.15, -0.1) is 0 Å². The van der Waals surface area contributed by atoms with E-state index in [-0.39, 0.29) is 16.2 Å². The highest BCUT2D eigenvalue weighted by Crippen LogP contribution is 2.62. The molecule has 0 N–H and O–H groups in total. The molecule has 2 aliphatic carbocycles. The molecule has 0 heterocycles. The summed E-state index contributed by atoms with van der Waals surface area (Å²) >= 11 is 0. The number of hydrogen-bond acceptors (Lipinski definition) is 1. The van der Waals surface area contributed by atoms with E-state index in [0.29, 0.717) is 0 Å². The first-order valence-corrected chi connectivity index (χ1v) is 15.9. The second kappa shape index (κ2) is 9.19. The van der Waals surface area contributed by atoms with Crippen LogP contribution in [0.5, 0.6) is 0 Å². The van der Waals surface area contributed by atoms with Crippen molar-refractivity contribution < 1.29 is 0 Å². The van der Waals surface area contributed by atoms with Gasteiger partial charge in [0.15, 0.2) is 0 Å². The van der Waals surface area contributed by atoms with E-state index in [1.165, 1.54) is 61.0 Å². The van der Waals surface area contributed by atoms with E-state index in [0.717, 1.165) is 11.4 Å². The quantitative estimate of drug-likeness (QED) is 0.205. The van der Waals surface area contributed by atoms with E-state index in [1.54, 1.807) is 0 Å². The van der Waals surface area contributed by atoms with Crippen molar-refractivity contribution in [3.8, 4) is 22.3 Å². The van der Waals surface area contributed by atoms with E-state index in [4.69, 9.17) is 0 Å². The van der Waals surface area contributed by atoms with Crippen molar-refractivity contribution in [3.63, 3.8) is 0 Å². The third-order valence-corrected chi connectivity index (χ3v) is 11.2. The monoisotopic (exact) mass is 569 g/mol. The van der Waals surface area contributed by atoms with Gasteiger partial charge in [-0.2, -0.15) is 0 Å². The maximum absolute atomic E-state index is 2.49. The first kappa shape index (κ1) is 27.0. The van der Waals surface area contributed by atoms with E-state index >= 15 is 0 Å². The summed E-state index contributed by atoms with van der Waals surface area (Å²) in [5.74, 6) is 0. The van der Waals surface area contributed by atoms with Crippen LogP contribution in [0.2, 0.25) is 0 Å². The van der Waals surface area contributed by atoms with Gasteiger partial charge < -0.3 is 4.90 Å². The maximum atomic E-state index is 2.49. The van der Waals surface area contributed by atoms with Crippen LogP contribution in [-0.4, -0.2) is 0 Å². The van der Waals surface area contributed by atoms with E-state index < -0.39 is 0 Å². The highest BCUT2D eigenvalue weighted by molar-refractivity contribution is 6.11. The Kier molecular flexibility index (Phi) is 5.63. The summed E-state index contributed by atoms with van der Waals surface area (Å²) in [7, 11) is 0. The first-order valence-electron chi connectivity index (χ1n) is 15.9. The molecule has 2 aliphatic rings. The van der Waals surface area contributed by atoms with Crippen LogP contribution in [0.25, 0.3) is 33.0 Å². The lowest BCUT2D eigenvalue weighted by Gasteiger charge is -2.49. The van der Waals surface area contributed by atoms with Gasteiger partial charge in [-0.05, 0) is 91.1 Å². The summed E-state index contributed by atoms with van der Waals surface area (Å²) < 4.78 is 0. The molecule has 0 saturated carbocycles. The number of hydrogen-bond donors (Lipinski definition) is 0. The first-order chi connectivity index (χ1) is 21.1. The van der Waals surface area contributed by atoms with Crippen LogP contribution in [0.1, 0.15) is 63.8 Å². The number of rotatable bonds is 3. The molecule has 216 valence electrons. The third-order valence-electron chi connectivity index (χ3n) is 11.2. The molecule has 44 heavy (non-hydrogen) atoms. The fraction of sp³-hybridized carbons (Fsp3) is 0.209.